The van der Waals surface area contributed by atoms with Crippen LogP contribution in [0.5, 0.6) is 0 Å². The monoisotopic (exact) mass is 433 g/mol. The van der Waals surface area contributed by atoms with Crippen LogP contribution in [0.3, 0.4) is 0 Å². The van der Waals surface area contributed by atoms with Crippen molar-refractivity contribution in [1.82, 2.24) is 14.4 Å². The number of thiophene rings is 1. The third-order valence-electron chi connectivity index (χ3n) is 6.73. The first-order chi connectivity index (χ1) is 15.0. The largest absolute Gasteiger partial charge is 0.343 e. The van der Waals surface area contributed by atoms with Gasteiger partial charge in [-0.25, -0.2) is 0 Å². The van der Waals surface area contributed by atoms with E-state index in [0.29, 0.717) is 0 Å². The highest BCUT2D eigenvalue weighted by molar-refractivity contribution is 7.12. The topological polar surface area (TPSA) is 45.6 Å². The molecule has 0 bridgehead atoms. The normalized spacial score (nSPS) is 20.4. The number of nitrogens with zero attached hydrogens (tertiary/aromatic N) is 3. The van der Waals surface area contributed by atoms with Crippen molar-refractivity contribution in [3.8, 4) is 0 Å². The molecular weight excluding hydrogens is 406 g/mol. The van der Waals surface area contributed by atoms with Crippen LogP contribution < -0.4 is 0 Å². The summed E-state index contributed by atoms with van der Waals surface area (Å²) >= 11 is 1.47. The molecule has 0 saturated heterocycles. The van der Waals surface area contributed by atoms with Crippen LogP contribution in [0.2, 0.25) is 0 Å². The van der Waals surface area contributed by atoms with Gasteiger partial charge in [0.15, 0.2) is 0 Å². The minimum atomic E-state index is -0.136. The van der Waals surface area contributed by atoms with E-state index in [1.165, 1.54) is 22.5 Å². The van der Waals surface area contributed by atoms with Gasteiger partial charge in [0.25, 0.3) is 5.91 Å². The number of fused-ring (bicyclic) bond motifs is 2. The number of hydrogen-bond donors (Lipinski definition) is 0. The molecule has 0 fully saturated rings. The molecule has 2 aliphatic rings. The Hall–Kier alpha value is -2.70. The van der Waals surface area contributed by atoms with Gasteiger partial charge in [0.1, 0.15) is 0 Å². The van der Waals surface area contributed by atoms with Crippen molar-refractivity contribution in [2.45, 2.75) is 26.3 Å². The van der Waals surface area contributed by atoms with Crippen LogP contribution in [0.25, 0.3) is 16.5 Å². The Bertz CT molecular complexity index is 1190. The minimum Gasteiger partial charge on any atom is -0.343 e. The van der Waals surface area contributed by atoms with E-state index >= 15 is 0 Å². The number of hydrogen-bond acceptors (Lipinski definition) is 4. The molecular formula is C25H27N3O2S. The fourth-order valence-corrected chi connectivity index (χ4v) is 5.83. The molecule has 2 aromatic heterocycles. The molecule has 5 nitrogen and oxygen atoms in total. The Labute approximate surface area is 186 Å². The summed E-state index contributed by atoms with van der Waals surface area (Å²) < 4.78 is 1.80. The first-order valence-corrected chi connectivity index (χ1v) is 11.8. The highest BCUT2D eigenvalue weighted by Crippen LogP contribution is 2.42. The highest BCUT2D eigenvalue weighted by atomic mass is 32.1. The molecule has 1 aliphatic carbocycles. The maximum atomic E-state index is 13.1. The summed E-state index contributed by atoms with van der Waals surface area (Å²) in [7, 11) is 2.11. The van der Waals surface area contributed by atoms with Crippen molar-refractivity contribution in [3.05, 3.63) is 64.0 Å². The van der Waals surface area contributed by atoms with Crippen molar-refractivity contribution in [1.29, 1.82) is 0 Å². The van der Waals surface area contributed by atoms with E-state index in [0.717, 1.165) is 47.4 Å². The van der Waals surface area contributed by atoms with Crippen molar-refractivity contribution >= 4 is 39.6 Å². The fraction of sp³-hybridized carbons (Fsp3) is 0.360. The summed E-state index contributed by atoms with van der Waals surface area (Å²) in [5.74, 6) is 0.0826. The summed E-state index contributed by atoms with van der Waals surface area (Å²) in [5, 5.41) is 3.09. The lowest BCUT2D eigenvalue weighted by atomic mass is 9.79. The molecule has 0 radical (unpaired) electrons. The van der Waals surface area contributed by atoms with Gasteiger partial charge >= 0.3 is 0 Å². The quantitative estimate of drug-likeness (QED) is 0.622. The Kier molecular flexibility index (Phi) is 5.07. The number of amides is 1. The number of carbonyl (C=O) groups excluding carboxylic acids is 2. The maximum absolute atomic E-state index is 13.1. The Morgan fingerprint density at radius 1 is 1.16 bits per heavy atom. The van der Waals surface area contributed by atoms with Crippen LogP contribution in [-0.2, 0) is 11.2 Å². The van der Waals surface area contributed by atoms with Gasteiger partial charge in [-0.15, -0.1) is 11.3 Å². The lowest BCUT2D eigenvalue weighted by Gasteiger charge is -2.40. The van der Waals surface area contributed by atoms with Gasteiger partial charge in [0, 0.05) is 37.3 Å². The standard InChI is InChI=1S/C25H27N3O2S/c1-4-27(5-2)24(29)17-12-19-18-8-6-9-20-23(18)16(13-21(19)26(3)14-17)15-28(20)25(30)22-10-7-11-31-22/h6-12,15,17,21H,4-5,13-14H2,1-3H3. The molecule has 1 aliphatic heterocycles. The van der Waals surface area contributed by atoms with Crippen LogP contribution in [0.1, 0.15) is 34.6 Å². The van der Waals surface area contributed by atoms with Crippen molar-refractivity contribution in [2.75, 3.05) is 26.7 Å². The molecule has 6 heteroatoms. The van der Waals surface area contributed by atoms with E-state index in [9.17, 15) is 9.59 Å². The molecule has 0 saturated carbocycles. The number of benzene rings is 1. The second-order valence-corrected chi connectivity index (χ2v) is 9.35. The summed E-state index contributed by atoms with van der Waals surface area (Å²) in [6.07, 6.45) is 5.07. The zero-order valence-corrected chi connectivity index (χ0v) is 19.0. The molecule has 5 rings (SSSR count). The molecule has 0 spiro atoms. The lowest BCUT2D eigenvalue weighted by molar-refractivity contribution is -0.134. The number of aromatic nitrogens is 1. The van der Waals surface area contributed by atoms with Gasteiger partial charge in [-0.05, 0) is 61.5 Å². The van der Waals surface area contributed by atoms with Gasteiger partial charge in [-0.1, -0.05) is 24.3 Å². The van der Waals surface area contributed by atoms with E-state index in [2.05, 4.69) is 24.1 Å². The SMILES string of the molecule is CCN(CC)C(=O)C1C=C2c3cccc4c3c(cn4C(=O)c3cccs3)CC2N(C)C1. The summed E-state index contributed by atoms with van der Waals surface area (Å²) in [6.45, 7) is 6.25. The molecule has 2 unspecified atom stereocenters. The van der Waals surface area contributed by atoms with E-state index in [1.54, 1.807) is 4.57 Å². The van der Waals surface area contributed by atoms with Gasteiger partial charge < -0.3 is 4.90 Å². The van der Waals surface area contributed by atoms with Gasteiger partial charge in [0.2, 0.25) is 5.91 Å². The summed E-state index contributed by atoms with van der Waals surface area (Å²) in [4.78, 5) is 31.2. The van der Waals surface area contributed by atoms with E-state index in [4.69, 9.17) is 0 Å². The average molecular weight is 434 g/mol. The van der Waals surface area contributed by atoms with Gasteiger partial charge in [0.05, 0.1) is 16.3 Å². The first kappa shape index (κ1) is 20.2. The maximum Gasteiger partial charge on any atom is 0.272 e. The minimum absolute atomic E-state index is 0.0187. The second kappa shape index (κ2) is 7.77. The molecule has 31 heavy (non-hydrogen) atoms. The zero-order chi connectivity index (χ0) is 21.7. The first-order valence-electron chi connectivity index (χ1n) is 11.0. The van der Waals surface area contributed by atoms with E-state index in [-0.39, 0.29) is 23.8 Å². The average Bonchev–Trinajstić information content (AvgIpc) is 3.44. The van der Waals surface area contributed by atoms with Gasteiger partial charge in [-0.3, -0.25) is 19.1 Å². The van der Waals surface area contributed by atoms with Crippen LogP contribution >= 0.6 is 11.3 Å². The molecule has 1 amide bonds. The van der Waals surface area contributed by atoms with Crippen molar-refractivity contribution in [2.24, 2.45) is 5.92 Å². The molecule has 3 aromatic rings. The zero-order valence-electron chi connectivity index (χ0n) is 18.2. The summed E-state index contributed by atoms with van der Waals surface area (Å²) in [5.41, 5.74) is 4.53. The number of rotatable bonds is 4. The third-order valence-corrected chi connectivity index (χ3v) is 7.59. The van der Waals surface area contributed by atoms with Crippen molar-refractivity contribution < 1.29 is 9.59 Å². The fourth-order valence-electron chi connectivity index (χ4n) is 5.17. The van der Waals surface area contributed by atoms with Crippen LogP contribution in [0.15, 0.2) is 48.0 Å². The van der Waals surface area contributed by atoms with Crippen molar-refractivity contribution in [3.63, 3.8) is 0 Å². The summed E-state index contributed by atoms with van der Waals surface area (Å²) in [6, 6.07) is 10.2. The van der Waals surface area contributed by atoms with Crippen LogP contribution in [0.4, 0.5) is 0 Å². The lowest BCUT2D eigenvalue weighted by Crippen LogP contribution is -2.47. The van der Waals surface area contributed by atoms with Gasteiger partial charge in [-0.2, -0.15) is 0 Å². The highest BCUT2D eigenvalue weighted by Gasteiger charge is 2.37. The predicted octanol–water partition coefficient (Wildman–Crippen LogP) is 4.13. The molecule has 160 valence electrons. The van der Waals surface area contributed by atoms with E-state index in [1.807, 2.05) is 54.6 Å². The smallest absolute Gasteiger partial charge is 0.272 e. The second-order valence-electron chi connectivity index (χ2n) is 8.41. The van der Waals surface area contributed by atoms with Crippen LogP contribution in [0, 0.1) is 5.92 Å². The van der Waals surface area contributed by atoms with E-state index < -0.39 is 0 Å². The molecule has 0 N–H and O–H groups in total. The molecule has 1 aromatic carbocycles. The number of likely N-dealkylation sites (N-methyl/N-ethyl adjacent to an activating group) is 1. The number of carbonyl (C=O) groups is 2. The Morgan fingerprint density at radius 2 is 1.97 bits per heavy atom. The molecule has 3 heterocycles. The third kappa shape index (κ3) is 3.17. The predicted molar refractivity (Wildman–Crippen MR) is 126 cm³/mol. The molecule has 2 atom stereocenters. The van der Waals surface area contributed by atoms with Crippen LogP contribution in [-0.4, -0.2) is 58.9 Å². The Morgan fingerprint density at radius 3 is 2.68 bits per heavy atom. The Balaban J connectivity index is 1.62.